The number of aliphatic hydroxyl groups excluding tert-OH is 1. The molecule has 0 spiro atoms. The van der Waals surface area contributed by atoms with Crippen LogP contribution in [0, 0.1) is 0 Å². The van der Waals surface area contributed by atoms with E-state index in [0.29, 0.717) is 5.92 Å². The zero-order chi connectivity index (χ0) is 14.5. The Balaban J connectivity index is 2.36. The van der Waals surface area contributed by atoms with E-state index in [9.17, 15) is 5.11 Å². The first-order valence-corrected chi connectivity index (χ1v) is 7.17. The van der Waals surface area contributed by atoms with Gasteiger partial charge >= 0.3 is 0 Å². The van der Waals surface area contributed by atoms with E-state index in [-0.39, 0.29) is 0 Å². The fraction of sp³-hybridized carbons (Fsp3) is 0.333. The lowest BCUT2D eigenvalue weighted by Crippen LogP contribution is -1.99. The standard InChI is InChI=1S/C18H22O2/c1-4-13(2)15-9-5-7-11-17(15)20-18-12-8-6-10-16(18)14(3)19/h5-14,19H,4H2,1-3H3. The third-order valence-corrected chi connectivity index (χ3v) is 3.65. The molecule has 0 aliphatic carbocycles. The van der Waals surface area contributed by atoms with Crippen LogP contribution in [0.15, 0.2) is 48.5 Å². The maximum Gasteiger partial charge on any atom is 0.133 e. The molecule has 0 heterocycles. The molecule has 0 saturated heterocycles. The predicted octanol–water partition coefficient (Wildman–Crippen LogP) is 5.05. The van der Waals surface area contributed by atoms with Gasteiger partial charge in [-0.2, -0.15) is 0 Å². The molecule has 20 heavy (non-hydrogen) atoms. The molecular weight excluding hydrogens is 248 g/mol. The van der Waals surface area contributed by atoms with Crippen LogP contribution < -0.4 is 4.74 Å². The maximum absolute atomic E-state index is 9.83. The lowest BCUT2D eigenvalue weighted by molar-refractivity contribution is 0.195. The molecule has 1 N–H and O–H groups in total. The summed E-state index contributed by atoms with van der Waals surface area (Å²) in [5.74, 6) is 2.04. The Labute approximate surface area is 121 Å². The van der Waals surface area contributed by atoms with Crippen molar-refractivity contribution in [3.05, 3.63) is 59.7 Å². The summed E-state index contributed by atoms with van der Waals surface area (Å²) in [6.45, 7) is 6.12. The molecule has 2 rings (SSSR count). The van der Waals surface area contributed by atoms with Crippen LogP contribution in [0.5, 0.6) is 11.5 Å². The summed E-state index contributed by atoms with van der Waals surface area (Å²) in [7, 11) is 0. The number of rotatable bonds is 5. The van der Waals surface area contributed by atoms with Crippen molar-refractivity contribution in [3.8, 4) is 11.5 Å². The Kier molecular flexibility index (Phi) is 4.80. The Hall–Kier alpha value is -1.80. The second kappa shape index (κ2) is 6.58. The van der Waals surface area contributed by atoms with Crippen LogP contribution in [-0.4, -0.2) is 5.11 Å². The van der Waals surface area contributed by atoms with E-state index in [4.69, 9.17) is 4.74 Å². The average molecular weight is 270 g/mol. The smallest absolute Gasteiger partial charge is 0.133 e. The molecule has 0 radical (unpaired) electrons. The van der Waals surface area contributed by atoms with Crippen LogP contribution in [0.1, 0.15) is 50.3 Å². The zero-order valence-corrected chi connectivity index (χ0v) is 12.3. The topological polar surface area (TPSA) is 29.5 Å². The highest BCUT2D eigenvalue weighted by Crippen LogP contribution is 2.34. The van der Waals surface area contributed by atoms with Gasteiger partial charge in [-0.05, 0) is 37.0 Å². The number of hydrogen-bond acceptors (Lipinski definition) is 2. The molecule has 2 atom stereocenters. The van der Waals surface area contributed by atoms with Gasteiger partial charge in [0.15, 0.2) is 0 Å². The van der Waals surface area contributed by atoms with Gasteiger partial charge in [0.25, 0.3) is 0 Å². The average Bonchev–Trinajstić information content (AvgIpc) is 2.47. The zero-order valence-electron chi connectivity index (χ0n) is 12.3. The predicted molar refractivity (Wildman–Crippen MR) is 82.3 cm³/mol. The molecule has 2 aromatic rings. The normalized spacial score (nSPS) is 13.8. The lowest BCUT2D eigenvalue weighted by atomic mass is 9.98. The number of benzene rings is 2. The van der Waals surface area contributed by atoms with Crippen molar-refractivity contribution >= 4 is 0 Å². The van der Waals surface area contributed by atoms with Crippen molar-refractivity contribution in [1.82, 2.24) is 0 Å². The molecule has 0 aliphatic heterocycles. The third kappa shape index (κ3) is 3.20. The fourth-order valence-corrected chi connectivity index (χ4v) is 2.24. The van der Waals surface area contributed by atoms with Crippen LogP contribution in [0.4, 0.5) is 0 Å². The quantitative estimate of drug-likeness (QED) is 0.824. The van der Waals surface area contributed by atoms with Gasteiger partial charge in [0.2, 0.25) is 0 Å². The van der Waals surface area contributed by atoms with Gasteiger partial charge in [-0.3, -0.25) is 0 Å². The summed E-state index contributed by atoms with van der Waals surface area (Å²) in [5, 5.41) is 9.83. The minimum Gasteiger partial charge on any atom is -0.457 e. The van der Waals surface area contributed by atoms with Crippen molar-refractivity contribution in [3.63, 3.8) is 0 Å². The highest BCUT2D eigenvalue weighted by Gasteiger charge is 2.13. The van der Waals surface area contributed by atoms with Gasteiger partial charge < -0.3 is 9.84 Å². The van der Waals surface area contributed by atoms with E-state index in [1.54, 1.807) is 6.92 Å². The van der Waals surface area contributed by atoms with Gasteiger partial charge in [0.1, 0.15) is 11.5 Å². The molecule has 0 amide bonds. The molecular formula is C18H22O2. The molecule has 0 bridgehead atoms. The van der Waals surface area contributed by atoms with E-state index in [1.807, 2.05) is 42.5 Å². The van der Waals surface area contributed by atoms with Crippen molar-refractivity contribution in [2.24, 2.45) is 0 Å². The first-order chi connectivity index (χ1) is 9.63. The number of hydrogen-bond donors (Lipinski definition) is 1. The van der Waals surface area contributed by atoms with E-state index in [1.165, 1.54) is 5.56 Å². The molecule has 2 heteroatoms. The van der Waals surface area contributed by atoms with Crippen LogP contribution in [0.2, 0.25) is 0 Å². The second-order valence-electron chi connectivity index (χ2n) is 5.16. The van der Waals surface area contributed by atoms with Crippen molar-refractivity contribution in [2.45, 2.75) is 39.2 Å². The van der Waals surface area contributed by atoms with Gasteiger partial charge in [0.05, 0.1) is 6.10 Å². The Bertz CT molecular complexity index is 561. The van der Waals surface area contributed by atoms with Crippen LogP contribution in [0.25, 0.3) is 0 Å². The Morgan fingerprint density at radius 2 is 1.40 bits per heavy atom. The monoisotopic (exact) mass is 270 g/mol. The first-order valence-electron chi connectivity index (χ1n) is 7.17. The molecule has 2 unspecified atom stereocenters. The molecule has 0 fully saturated rings. The summed E-state index contributed by atoms with van der Waals surface area (Å²) in [6, 6.07) is 15.7. The SMILES string of the molecule is CCC(C)c1ccccc1Oc1ccccc1C(C)O. The van der Waals surface area contributed by atoms with Gasteiger partial charge in [-0.15, -0.1) is 0 Å². The van der Waals surface area contributed by atoms with Gasteiger partial charge in [-0.1, -0.05) is 50.2 Å². The molecule has 2 aromatic carbocycles. The van der Waals surface area contributed by atoms with Crippen molar-refractivity contribution in [2.75, 3.05) is 0 Å². The summed E-state index contributed by atoms with van der Waals surface area (Å²) in [5.41, 5.74) is 2.02. The third-order valence-electron chi connectivity index (χ3n) is 3.65. The largest absolute Gasteiger partial charge is 0.457 e. The van der Waals surface area contributed by atoms with Crippen LogP contribution in [0.3, 0.4) is 0 Å². The Morgan fingerprint density at radius 3 is 1.95 bits per heavy atom. The number of ether oxygens (including phenoxy) is 1. The molecule has 0 aliphatic rings. The van der Waals surface area contributed by atoms with E-state index in [2.05, 4.69) is 19.9 Å². The number of aliphatic hydroxyl groups is 1. The number of para-hydroxylation sites is 2. The second-order valence-corrected chi connectivity index (χ2v) is 5.16. The first kappa shape index (κ1) is 14.6. The highest BCUT2D eigenvalue weighted by atomic mass is 16.5. The fourth-order valence-electron chi connectivity index (χ4n) is 2.24. The Morgan fingerprint density at radius 1 is 0.900 bits per heavy atom. The van der Waals surface area contributed by atoms with E-state index in [0.717, 1.165) is 23.5 Å². The molecule has 2 nitrogen and oxygen atoms in total. The molecule has 0 saturated carbocycles. The van der Waals surface area contributed by atoms with Crippen molar-refractivity contribution in [1.29, 1.82) is 0 Å². The van der Waals surface area contributed by atoms with E-state index < -0.39 is 6.10 Å². The highest BCUT2D eigenvalue weighted by molar-refractivity contribution is 5.43. The summed E-state index contributed by atoms with van der Waals surface area (Å²) >= 11 is 0. The van der Waals surface area contributed by atoms with Crippen molar-refractivity contribution < 1.29 is 9.84 Å². The van der Waals surface area contributed by atoms with Crippen LogP contribution in [-0.2, 0) is 0 Å². The van der Waals surface area contributed by atoms with Crippen LogP contribution >= 0.6 is 0 Å². The van der Waals surface area contributed by atoms with Gasteiger partial charge in [-0.25, -0.2) is 0 Å². The molecule has 0 aromatic heterocycles. The lowest BCUT2D eigenvalue weighted by Gasteiger charge is -2.18. The molecule has 106 valence electrons. The van der Waals surface area contributed by atoms with E-state index >= 15 is 0 Å². The minimum atomic E-state index is -0.540. The van der Waals surface area contributed by atoms with Gasteiger partial charge in [0, 0.05) is 5.56 Å². The summed E-state index contributed by atoms with van der Waals surface area (Å²) in [6.07, 6.45) is 0.528. The maximum atomic E-state index is 9.83. The summed E-state index contributed by atoms with van der Waals surface area (Å²) in [4.78, 5) is 0. The summed E-state index contributed by atoms with van der Waals surface area (Å²) < 4.78 is 6.06. The minimum absolute atomic E-state index is 0.449.